The van der Waals surface area contributed by atoms with E-state index < -0.39 is 10.0 Å². The molecule has 0 amide bonds. The van der Waals surface area contributed by atoms with E-state index in [9.17, 15) is 8.42 Å². The summed E-state index contributed by atoms with van der Waals surface area (Å²) >= 11 is 0. The number of primary sulfonamides is 1. The van der Waals surface area contributed by atoms with Gasteiger partial charge in [-0.25, -0.2) is 13.6 Å². The van der Waals surface area contributed by atoms with Gasteiger partial charge in [0.2, 0.25) is 21.7 Å². The fourth-order valence-electron chi connectivity index (χ4n) is 3.26. The van der Waals surface area contributed by atoms with Crippen molar-refractivity contribution >= 4 is 15.7 Å². The van der Waals surface area contributed by atoms with Gasteiger partial charge in [-0.3, -0.25) is 0 Å². The van der Waals surface area contributed by atoms with Crippen molar-refractivity contribution in [2.45, 2.75) is 30.8 Å². The number of sulfonamides is 1. The second-order valence-electron chi connectivity index (χ2n) is 6.39. The highest BCUT2D eigenvalue weighted by Gasteiger charge is 2.28. The lowest BCUT2D eigenvalue weighted by atomic mass is 10.1. The number of anilines is 1. The van der Waals surface area contributed by atoms with Gasteiger partial charge in [-0.05, 0) is 37.1 Å². The number of aromatic nitrogens is 2. The Labute approximate surface area is 151 Å². The summed E-state index contributed by atoms with van der Waals surface area (Å²) in [5.41, 5.74) is 2.81. The Morgan fingerprint density at radius 2 is 2.00 bits per heavy atom. The van der Waals surface area contributed by atoms with Crippen LogP contribution in [0.15, 0.2) is 57.9 Å². The van der Waals surface area contributed by atoms with Crippen molar-refractivity contribution in [3.63, 3.8) is 0 Å². The number of nitrogens with two attached hydrogens (primary N) is 1. The highest BCUT2D eigenvalue weighted by molar-refractivity contribution is 7.89. The van der Waals surface area contributed by atoms with Gasteiger partial charge >= 0.3 is 0 Å². The van der Waals surface area contributed by atoms with Crippen LogP contribution in [0.2, 0.25) is 0 Å². The minimum atomic E-state index is -3.70. The van der Waals surface area contributed by atoms with Crippen LogP contribution in [0, 0.1) is 0 Å². The molecule has 0 fully saturated rings. The van der Waals surface area contributed by atoms with E-state index >= 15 is 0 Å². The number of fused-ring (bicyclic) bond motifs is 1. The lowest BCUT2D eigenvalue weighted by molar-refractivity contribution is 0.374. The molecule has 1 aromatic heterocycles. The zero-order valence-electron chi connectivity index (χ0n) is 14.2. The van der Waals surface area contributed by atoms with Gasteiger partial charge in [-0.1, -0.05) is 35.5 Å². The first-order valence-corrected chi connectivity index (χ1v) is 9.77. The average Bonchev–Trinajstić information content (AvgIpc) is 3.20. The SMILES string of the molecule is CC1Cc2cc(S(N)(=O)=O)ccc2N1Cc1nc(-c2ccccc2)no1. The average molecular weight is 370 g/mol. The molecule has 134 valence electrons. The van der Waals surface area contributed by atoms with Crippen molar-refractivity contribution in [3.05, 3.63) is 60.0 Å². The first-order valence-electron chi connectivity index (χ1n) is 8.22. The number of nitrogens with zero attached hydrogens (tertiary/aromatic N) is 3. The maximum atomic E-state index is 11.6. The van der Waals surface area contributed by atoms with Gasteiger partial charge in [-0.15, -0.1) is 0 Å². The van der Waals surface area contributed by atoms with Crippen LogP contribution >= 0.6 is 0 Å². The highest BCUT2D eigenvalue weighted by Crippen LogP contribution is 2.34. The van der Waals surface area contributed by atoms with Gasteiger partial charge < -0.3 is 9.42 Å². The van der Waals surface area contributed by atoms with Crippen LogP contribution in [0.1, 0.15) is 18.4 Å². The van der Waals surface area contributed by atoms with Crippen LogP contribution < -0.4 is 10.0 Å². The third-order valence-electron chi connectivity index (χ3n) is 4.54. The predicted molar refractivity (Wildman–Crippen MR) is 96.9 cm³/mol. The zero-order valence-corrected chi connectivity index (χ0v) is 15.0. The van der Waals surface area contributed by atoms with Crippen molar-refractivity contribution < 1.29 is 12.9 Å². The summed E-state index contributed by atoms with van der Waals surface area (Å²) < 4.78 is 28.5. The maximum absolute atomic E-state index is 11.6. The molecule has 1 atom stereocenters. The van der Waals surface area contributed by atoms with Gasteiger partial charge in [0.1, 0.15) is 0 Å². The van der Waals surface area contributed by atoms with Crippen LogP contribution in [-0.4, -0.2) is 24.6 Å². The summed E-state index contributed by atoms with van der Waals surface area (Å²) in [6.07, 6.45) is 0.734. The number of benzene rings is 2. The molecule has 2 aromatic carbocycles. The van der Waals surface area contributed by atoms with Gasteiger partial charge in [-0.2, -0.15) is 4.98 Å². The predicted octanol–water partition coefficient (Wildman–Crippen LogP) is 2.34. The van der Waals surface area contributed by atoms with E-state index in [1.807, 2.05) is 30.3 Å². The molecule has 1 unspecified atom stereocenters. The van der Waals surface area contributed by atoms with E-state index in [2.05, 4.69) is 22.0 Å². The Bertz CT molecular complexity index is 1050. The van der Waals surface area contributed by atoms with E-state index in [4.69, 9.17) is 9.66 Å². The minimum absolute atomic E-state index is 0.134. The van der Waals surface area contributed by atoms with E-state index in [-0.39, 0.29) is 10.9 Å². The number of hydrogen-bond acceptors (Lipinski definition) is 6. The fourth-order valence-corrected chi connectivity index (χ4v) is 3.82. The van der Waals surface area contributed by atoms with E-state index in [0.29, 0.717) is 18.3 Å². The van der Waals surface area contributed by atoms with Crippen molar-refractivity contribution in [3.8, 4) is 11.4 Å². The molecule has 0 spiro atoms. The summed E-state index contributed by atoms with van der Waals surface area (Å²) in [5.74, 6) is 1.07. The molecule has 2 heterocycles. The standard InChI is InChI=1S/C18H18N4O3S/c1-12-9-14-10-15(26(19,23)24)7-8-16(14)22(12)11-17-20-18(21-25-17)13-5-3-2-4-6-13/h2-8,10,12H,9,11H2,1H3,(H2,19,23,24). The van der Waals surface area contributed by atoms with Crippen molar-refractivity contribution in [2.75, 3.05) is 4.90 Å². The molecule has 0 saturated heterocycles. The van der Waals surface area contributed by atoms with E-state index in [0.717, 1.165) is 23.2 Å². The van der Waals surface area contributed by atoms with E-state index in [1.165, 1.54) is 6.07 Å². The molecule has 0 saturated carbocycles. The Balaban J connectivity index is 1.60. The first kappa shape index (κ1) is 16.7. The van der Waals surface area contributed by atoms with Crippen LogP contribution in [0.4, 0.5) is 5.69 Å². The number of hydrogen-bond donors (Lipinski definition) is 1. The monoisotopic (exact) mass is 370 g/mol. The third-order valence-corrected chi connectivity index (χ3v) is 5.45. The lowest BCUT2D eigenvalue weighted by Gasteiger charge is -2.22. The molecule has 7 nitrogen and oxygen atoms in total. The summed E-state index contributed by atoms with van der Waals surface area (Å²) in [6.45, 7) is 2.54. The summed E-state index contributed by atoms with van der Waals surface area (Å²) in [4.78, 5) is 6.74. The van der Waals surface area contributed by atoms with Gasteiger partial charge in [0, 0.05) is 17.3 Å². The minimum Gasteiger partial charge on any atom is -0.359 e. The maximum Gasteiger partial charge on any atom is 0.246 e. The lowest BCUT2D eigenvalue weighted by Crippen LogP contribution is -2.28. The molecule has 2 N–H and O–H groups in total. The normalized spacial score (nSPS) is 16.7. The van der Waals surface area contributed by atoms with Crippen LogP contribution in [-0.2, 0) is 23.0 Å². The smallest absolute Gasteiger partial charge is 0.246 e. The van der Waals surface area contributed by atoms with Crippen LogP contribution in [0.25, 0.3) is 11.4 Å². The molecule has 4 rings (SSSR count). The highest BCUT2D eigenvalue weighted by atomic mass is 32.2. The Hall–Kier alpha value is -2.71. The Morgan fingerprint density at radius 3 is 2.73 bits per heavy atom. The van der Waals surface area contributed by atoms with Gasteiger partial charge in [0.15, 0.2) is 0 Å². The molecular formula is C18H18N4O3S. The Kier molecular flexibility index (Phi) is 4.01. The second-order valence-corrected chi connectivity index (χ2v) is 7.96. The molecule has 0 radical (unpaired) electrons. The summed E-state index contributed by atoms with van der Waals surface area (Å²) in [6, 6.07) is 14.8. The molecule has 26 heavy (non-hydrogen) atoms. The molecule has 3 aromatic rings. The van der Waals surface area contributed by atoms with Gasteiger partial charge in [0.25, 0.3) is 0 Å². The Morgan fingerprint density at radius 1 is 1.23 bits per heavy atom. The molecule has 0 bridgehead atoms. The quantitative estimate of drug-likeness (QED) is 0.756. The van der Waals surface area contributed by atoms with Crippen molar-refractivity contribution in [2.24, 2.45) is 5.14 Å². The fraction of sp³-hybridized carbons (Fsp3) is 0.222. The first-order chi connectivity index (χ1) is 12.4. The van der Waals surface area contributed by atoms with Crippen molar-refractivity contribution in [1.29, 1.82) is 0 Å². The van der Waals surface area contributed by atoms with Crippen LogP contribution in [0.5, 0.6) is 0 Å². The largest absolute Gasteiger partial charge is 0.359 e. The molecule has 1 aliphatic heterocycles. The summed E-state index contributed by atoms with van der Waals surface area (Å²) in [7, 11) is -3.70. The van der Waals surface area contributed by atoms with Crippen LogP contribution in [0.3, 0.4) is 0 Å². The molecule has 8 heteroatoms. The summed E-state index contributed by atoms with van der Waals surface area (Å²) in [5, 5.41) is 9.27. The van der Waals surface area contributed by atoms with E-state index in [1.54, 1.807) is 12.1 Å². The second kappa shape index (κ2) is 6.22. The number of rotatable bonds is 4. The van der Waals surface area contributed by atoms with Crippen molar-refractivity contribution in [1.82, 2.24) is 10.1 Å². The molecular weight excluding hydrogens is 352 g/mol. The molecule has 0 aliphatic carbocycles. The topological polar surface area (TPSA) is 102 Å². The third kappa shape index (κ3) is 3.09. The zero-order chi connectivity index (χ0) is 18.3. The van der Waals surface area contributed by atoms with Gasteiger partial charge in [0.05, 0.1) is 11.4 Å². The molecule has 1 aliphatic rings.